The number of nitrogens with one attached hydrogen (secondary N) is 2. The molecule has 4 nitrogen and oxygen atoms in total. The molecular weight excluding hydrogens is 369 g/mol. The number of hydrogen-bond acceptors (Lipinski definition) is 2. The van der Waals surface area contributed by atoms with Crippen molar-refractivity contribution in [2.75, 3.05) is 6.54 Å². The van der Waals surface area contributed by atoms with Gasteiger partial charge in [-0.15, -0.1) is 0 Å². The highest BCUT2D eigenvalue weighted by molar-refractivity contribution is 6.37. The maximum absolute atomic E-state index is 11.9. The summed E-state index contributed by atoms with van der Waals surface area (Å²) in [6, 6.07) is 11.2. The lowest BCUT2D eigenvalue weighted by Crippen LogP contribution is -2.31. The van der Waals surface area contributed by atoms with Gasteiger partial charge in [-0.1, -0.05) is 29.3 Å². The van der Waals surface area contributed by atoms with Gasteiger partial charge in [-0.3, -0.25) is 9.78 Å². The molecule has 3 aromatic rings. The zero-order valence-corrected chi connectivity index (χ0v) is 15.2. The highest BCUT2D eigenvalue weighted by Gasteiger charge is 2.19. The van der Waals surface area contributed by atoms with E-state index < -0.39 is 0 Å². The molecule has 0 spiro atoms. The van der Waals surface area contributed by atoms with Crippen molar-refractivity contribution in [2.24, 2.45) is 0 Å². The molecule has 26 heavy (non-hydrogen) atoms. The van der Waals surface area contributed by atoms with Crippen molar-refractivity contribution in [3.8, 4) is 11.3 Å². The first-order valence-corrected chi connectivity index (χ1v) is 8.96. The molecule has 1 aliphatic rings. The van der Waals surface area contributed by atoms with Gasteiger partial charge in [0, 0.05) is 51.7 Å². The summed E-state index contributed by atoms with van der Waals surface area (Å²) in [5.41, 5.74) is 5.08. The van der Waals surface area contributed by atoms with E-state index in [4.69, 9.17) is 23.2 Å². The number of amides is 1. The number of aromatic amines is 1. The molecule has 0 radical (unpaired) electrons. The second-order valence-electron chi connectivity index (χ2n) is 6.02. The van der Waals surface area contributed by atoms with E-state index in [1.54, 1.807) is 18.3 Å². The third-order valence-corrected chi connectivity index (χ3v) is 4.98. The third kappa shape index (κ3) is 3.26. The summed E-state index contributed by atoms with van der Waals surface area (Å²) < 4.78 is 0. The molecule has 0 unspecified atom stereocenters. The third-order valence-electron chi connectivity index (χ3n) is 4.32. The number of carbonyl (C=O) groups is 1. The van der Waals surface area contributed by atoms with Crippen LogP contribution in [0.25, 0.3) is 23.4 Å². The van der Waals surface area contributed by atoms with Crippen molar-refractivity contribution in [1.82, 2.24) is 15.3 Å². The van der Waals surface area contributed by atoms with Gasteiger partial charge < -0.3 is 10.3 Å². The molecule has 0 aliphatic carbocycles. The average Bonchev–Trinajstić information content (AvgIpc) is 3.07. The van der Waals surface area contributed by atoms with Crippen LogP contribution in [0.4, 0.5) is 0 Å². The van der Waals surface area contributed by atoms with Crippen LogP contribution in [0.3, 0.4) is 0 Å². The number of benzene rings is 1. The zero-order chi connectivity index (χ0) is 18.1. The van der Waals surface area contributed by atoms with Gasteiger partial charge >= 0.3 is 0 Å². The van der Waals surface area contributed by atoms with Gasteiger partial charge in [0.1, 0.15) is 0 Å². The Morgan fingerprint density at radius 2 is 1.88 bits per heavy atom. The van der Waals surface area contributed by atoms with Gasteiger partial charge in [-0.2, -0.15) is 0 Å². The molecule has 0 atom stereocenters. The van der Waals surface area contributed by atoms with Gasteiger partial charge in [0.2, 0.25) is 0 Å². The first-order valence-electron chi connectivity index (χ1n) is 8.20. The number of carbonyl (C=O) groups excluding carboxylic acids is 1. The Hall–Kier alpha value is -2.56. The fraction of sp³-hybridized carbons (Fsp3) is 0.100. The lowest BCUT2D eigenvalue weighted by molar-refractivity contribution is 0.0946. The van der Waals surface area contributed by atoms with Gasteiger partial charge in [0.25, 0.3) is 5.91 Å². The molecule has 0 saturated heterocycles. The van der Waals surface area contributed by atoms with E-state index in [1.807, 2.05) is 36.4 Å². The molecule has 0 bridgehead atoms. The summed E-state index contributed by atoms with van der Waals surface area (Å²) in [6.45, 7) is 0.661. The van der Waals surface area contributed by atoms with Crippen LogP contribution < -0.4 is 5.32 Å². The minimum absolute atomic E-state index is 0.0312. The molecule has 0 fully saturated rings. The van der Waals surface area contributed by atoms with Crippen molar-refractivity contribution in [3.63, 3.8) is 0 Å². The summed E-state index contributed by atoms with van der Waals surface area (Å²) >= 11 is 12.4. The van der Waals surface area contributed by atoms with Gasteiger partial charge in [-0.05, 0) is 42.5 Å². The number of halogens is 2. The monoisotopic (exact) mass is 383 g/mol. The zero-order valence-electron chi connectivity index (χ0n) is 13.7. The van der Waals surface area contributed by atoms with Crippen LogP contribution in [0.15, 0.2) is 42.6 Å². The Balaban J connectivity index is 1.65. The maximum atomic E-state index is 11.9. The molecule has 6 heteroatoms. The number of aromatic nitrogens is 2. The molecule has 2 aromatic heterocycles. The Labute approximate surface area is 160 Å². The first-order chi connectivity index (χ1) is 12.6. The fourth-order valence-electron chi connectivity index (χ4n) is 2.99. The first kappa shape index (κ1) is 16.9. The lowest BCUT2D eigenvalue weighted by Gasteiger charge is -2.10. The normalized spacial score (nSPS) is 13.7. The number of fused-ring (bicyclic) bond motifs is 1. The molecular formula is C20H15Cl2N3O. The summed E-state index contributed by atoms with van der Waals surface area (Å²) in [7, 11) is 0. The molecule has 1 aliphatic heterocycles. The second kappa shape index (κ2) is 6.98. The standard InChI is InChI=1S/C20H15Cl2N3O/c21-16-2-1-3-17(22)14(16)5-4-13-10-12(6-8-23-13)19-11-15-18(25-19)7-9-24-20(15)26/h1-6,8,10-11,25H,7,9H2,(H,24,26). The molecule has 130 valence electrons. The smallest absolute Gasteiger partial charge is 0.253 e. The Bertz CT molecular complexity index is 1000. The van der Waals surface area contributed by atoms with Crippen molar-refractivity contribution >= 4 is 41.3 Å². The van der Waals surface area contributed by atoms with Crippen LogP contribution in [-0.2, 0) is 6.42 Å². The minimum Gasteiger partial charge on any atom is -0.358 e. The SMILES string of the molecule is O=C1NCCc2[nH]c(-c3ccnc(C=Cc4c(Cl)cccc4Cl)c3)cc21. The molecule has 0 saturated carbocycles. The molecule has 2 N–H and O–H groups in total. The maximum Gasteiger partial charge on any atom is 0.253 e. The minimum atomic E-state index is -0.0312. The number of nitrogens with zero attached hydrogens (tertiary/aromatic N) is 1. The quantitative estimate of drug-likeness (QED) is 0.679. The molecule has 3 heterocycles. The van der Waals surface area contributed by atoms with Crippen LogP contribution in [0, 0.1) is 0 Å². The summed E-state index contributed by atoms with van der Waals surface area (Å²) in [4.78, 5) is 19.7. The number of hydrogen-bond donors (Lipinski definition) is 2. The van der Waals surface area contributed by atoms with Gasteiger partial charge in [0.15, 0.2) is 0 Å². The summed E-state index contributed by atoms with van der Waals surface area (Å²) in [5.74, 6) is -0.0312. The number of rotatable bonds is 3. The van der Waals surface area contributed by atoms with Crippen LogP contribution >= 0.6 is 23.2 Å². The Morgan fingerprint density at radius 3 is 2.65 bits per heavy atom. The lowest BCUT2D eigenvalue weighted by atomic mass is 10.1. The van der Waals surface area contributed by atoms with Crippen LogP contribution in [-0.4, -0.2) is 22.4 Å². The van der Waals surface area contributed by atoms with Crippen LogP contribution in [0.5, 0.6) is 0 Å². The molecule has 1 aromatic carbocycles. The number of pyridine rings is 1. The highest BCUT2D eigenvalue weighted by atomic mass is 35.5. The van der Waals surface area contributed by atoms with Crippen molar-refractivity contribution in [3.05, 3.63) is 75.2 Å². The van der Waals surface area contributed by atoms with Gasteiger partial charge in [0.05, 0.1) is 11.3 Å². The van der Waals surface area contributed by atoms with E-state index in [1.165, 1.54) is 0 Å². The van der Waals surface area contributed by atoms with Crippen LogP contribution in [0.2, 0.25) is 10.0 Å². The Morgan fingerprint density at radius 1 is 1.08 bits per heavy atom. The van der Waals surface area contributed by atoms with E-state index in [2.05, 4.69) is 15.3 Å². The Kier molecular flexibility index (Phi) is 4.53. The summed E-state index contributed by atoms with van der Waals surface area (Å²) in [5, 5.41) is 4.04. The van der Waals surface area contributed by atoms with E-state index in [9.17, 15) is 4.79 Å². The van der Waals surface area contributed by atoms with E-state index in [-0.39, 0.29) is 5.91 Å². The van der Waals surface area contributed by atoms with Crippen molar-refractivity contribution in [2.45, 2.75) is 6.42 Å². The number of H-pyrrole nitrogens is 1. The van der Waals surface area contributed by atoms with E-state index >= 15 is 0 Å². The fourth-order valence-corrected chi connectivity index (χ4v) is 3.52. The highest BCUT2D eigenvalue weighted by Crippen LogP contribution is 2.27. The second-order valence-corrected chi connectivity index (χ2v) is 6.83. The topological polar surface area (TPSA) is 57.8 Å². The summed E-state index contributed by atoms with van der Waals surface area (Å²) in [6.07, 6.45) is 6.27. The van der Waals surface area contributed by atoms with Gasteiger partial charge in [-0.25, -0.2) is 0 Å². The average molecular weight is 384 g/mol. The molecule has 1 amide bonds. The van der Waals surface area contributed by atoms with Crippen molar-refractivity contribution in [1.29, 1.82) is 0 Å². The van der Waals surface area contributed by atoms with Crippen molar-refractivity contribution < 1.29 is 4.79 Å². The predicted octanol–water partition coefficient (Wildman–Crippen LogP) is 4.84. The van der Waals surface area contributed by atoms with Crippen LogP contribution in [0.1, 0.15) is 27.3 Å². The largest absolute Gasteiger partial charge is 0.358 e. The van der Waals surface area contributed by atoms with E-state index in [0.29, 0.717) is 22.2 Å². The van der Waals surface area contributed by atoms with E-state index in [0.717, 1.165) is 34.6 Å². The molecule has 4 rings (SSSR count). The predicted molar refractivity (Wildman–Crippen MR) is 105 cm³/mol.